The lowest BCUT2D eigenvalue weighted by Gasteiger charge is -2.07. The quantitative estimate of drug-likeness (QED) is 0.400. The highest BCUT2D eigenvalue weighted by molar-refractivity contribution is 7.13. The molecular formula is C23H19FN4O4S. The maximum Gasteiger partial charge on any atom is 0.286 e. The van der Waals surface area contributed by atoms with Crippen molar-refractivity contribution in [2.45, 2.75) is 20.1 Å². The molecule has 0 unspecified atom stereocenters. The number of hydrogen-bond donors (Lipinski definition) is 2. The van der Waals surface area contributed by atoms with Crippen LogP contribution < -0.4 is 15.4 Å². The minimum Gasteiger partial charge on any atom is -0.486 e. The van der Waals surface area contributed by atoms with Gasteiger partial charge in [-0.1, -0.05) is 17.4 Å². The fourth-order valence-electron chi connectivity index (χ4n) is 2.85. The molecule has 4 aromatic rings. The molecule has 10 heteroatoms. The minimum atomic E-state index is -0.454. The second kappa shape index (κ2) is 10.0. The first-order valence-corrected chi connectivity index (χ1v) is 10.7. The number of furan rings is 1. The van der Waals surface area contributed by atoms with Gasteiger partial charge in [0.1, 0.15) is 29.7 Å². The molecule has 0 saturated heterocycles. The Kier molecular flexibility index (Phi) is 6.75. The number of nitrogens with one attached hydrogen (secondary N) is 2. The smallest absolute Gasteiger partial charge is 0.286 e. The van der Waals surface area contributed by atoms with Crippen molar-refractivity contribution in [3.63, 3.8) is 0 Å². The summed E-state index contributed by atoms with van der Waals surface area (Å²) in [6, 6.07) is 15.8. The first-order chi connectivity index (χ1) is 16.0. The molecule has 0 bridgehead atoms. The van der Waals surface area contributed by atoms with Gasteiger partial charge >= 0.3 is 0 Å². The van der Waals surface area contributed by atoms with Crippen LogP contribution in [-0.2, 0) is 13.2 Å². The molecule has 0 aliphatic heterocycles. The van der Waals surface area contributed by atoms with Gasteiger partial charge in [0, 0.05) is 11.3 Å². The molecule has 0 radical (unpaired) electrons. The zero-order valence-corrected chi connectivity index (χ0v) is 18.3. The number of aromatic nitrogens is 2. The van der Waals surface area contributed by atoms with Crippen LogP contribution in [0.15, 0.2) is 65.1 Å². The number of nitrogens with zero attached hydrogens (tertiary/aromatic N) is 2. The van der Waals surface area contributed by atoms with Crippen LogP contribution in [0, 0.1) is 12.7 Å². The van der Waals surface area contributed by atoms with Crippen LogP contribution in [0.3, 0.4) is 0 Å². The van der Waals surface area contributed by atoms with Crippen molar-refractivity contribution < 1.29 is 23.1 Å². The van der Waals surface area contributed by atoms with E-state index in [0.29, 0.717) is 27.8 Å². The van der Waals surface area contributed by atoms with Crippen LogP contribution in [0.5, 0.6) is 5.75 Å². The van der Waals surface area contributed by atoms with Gasteiger partial charge in [0.2, 0.25) is 5.01 Å². The highest BCUT2D eigenvalue weighted by Crippen LogP contribution is 2.18. The summed E-state index contributed by atoms with van der Waals surface area (Å²) in [6.07, 6.45) is 0. The first-order valence-electron chi connectivity index (χ1n) is 9.92. The van der Waals surface area contributed by atoms with Crippen LogP contribution in [-0.4, -0.2) is 22.0 Å². The molecule has 2 aromatic heterocycles. The topological polar surface area (TPSA) is 106 Å². The standard InChI is InChI=1S/C23H19FN4O4S/c1-14-5-8-19(32-14)12-25-21(29)15-3-2-4-17(11-15)26-22(30)23-28-27-20(33-23)13-31-18-9-6-16(24)7-10-18/h2-11H,12-13H2,1H3,(H,25,29)(H,26,30). The fourth-order valence-corrected chi connectivity index (χ4v) is 3.50. The van der Waals surface area contributed by atoms with E-state index >= 15 is 0 Å². The maximum atomic E-state index is 13.0. The third-order valence-electron chi connectivity index (χ3n) is 4.44. The normalized spacial score (nSPS) is 10.6. The van der Waals surface area contributed by atoms with E-state index in [1.807, 2.05) is 13.0 Å². The van der Waals surface area contributed by atoms with Crippen molar-refractivity contribution in [2.75, 3.05) is 5.32 Å². The molecule has 2 aromatic carbocycles. The summed E-state index contributed by atoms with van der Waals surface area (Å²) in [5, 5.41) is 14.0. The largest absolute Gasteiger partial charge is 0.486 e. The van der Waals surface area contributed by atoms with Crippen molar-refractivity contribution in [1.29, 1.82) is 0 Å². The second-order valence-corrected chi connectivity index (χ2v) is 8.04. The molecule has 0 aliphatic carbocycles. The molecule has 0 saturated carbocycles. The molecule has 4 rings (SSSR count). The number of aryl methyl sites for hydroxylation is 1. The van der Waals surface area contributed by atoms with Crippen molar-refractivity contribution >= 4 is 28.8 Å². The molecule has 0 atom stereocenters. The summed E-state index contributed by atoms with van der Waals surface area (Å²) in [5.41, 5.74) is 0.836. The Hall–Kier alpha value is -4.05. The Labute approximate surface area is 192 Å². The number of ether oxygens (including phenoxy) is 1. The number of benzene rings is 2. The average Bonchev–Trinajstić information content (AvgIpc) is 3.46. The Morgan fingerprint density at radius 1 is 1.06 bits per heavy atom. The molecule has 0 spiro atoms. The number of halogens is 1. The van der Waals surface area contributed by atoms with Crippen LogP contribution >= 0.6 is 11.3 Å². The monoisotopic (exact) mass is 466 g/mol. The van der Waals surface area contributed by atoms with E-state index < -0.39 is 5.91 Å². The van der Waals surface area contributed by atoms with E-state index in [4.69, 9.17) is 9.15 Å². The molecular weight excluding hydrogens is 447 g/mol. The molecule has 33 heavy (non-hydrogen) atoms. The molecule has 2 N–H and O–H groups in total. The predicted molar refractivity (Wildman–Crippen MR) is 120 cm³/mol. The lowest BCUT2D eigenvalue weighted by molar-refractivity contribution is 0.0946. The van der Waals surface area contributed by atoms with E-state index in [0.717, 1.165) is 17.1 Å². The van der Waals surface area contributed by atoms with Gasteiger partial charge in [0.05, 0.1) is 6.54 Å². The predicted octanol–water partition coefficient (Wildman–Crippen LogP) is 4.34. The van der Waals surface area contributed by atoms with Crippen molar-refractivity contribution in [3.05, 3.63) is 93.6 Å². The summed E-state index contributed by atoms with van der Waals surface area (Å²) in [7, 11) is 0. The van der Waals surface area contributed by atoms with Crippen LogP contribution in [0.1, 0.15) is 36.7 Å². The van der Waals surface area contributed by atoms with Gasteiger partial charge in [-0.3, -0.25) is 9.59 Å². The second-order valence-electron chi connectivity index (χ2n) is 6.97. The van der Waals surface area contributed by atoms with Gasteiger partial charge in [0.25, 0.3) is 11.8 Å². The zero-order valence-electron chi connectivity index (χ0n) is 17.5. The fraction of sp³-hybridized carbons (Fsp3) is 0.130. The van der Waals surface area contributed by atoms with Crippen molar-refractivity contribution in [1.82, 2.24) is 15.5 Å². The van der Waals surface area contributed by atoms with E-state index in [9.17, 15) is 14.0 Å². The Morgan fingerprint density at radius 3 is 2.64 bits per heavy atom. The van der Waals surface area contributed by atoms with E-state index in [1.54, 1.807) is 30.3 Å². The maximum absolute atomic E-state index is 13.0. The van der Waals surface area contributed by atoms with Gasteiger partial charge < -0.3 is 19.8 Å². The number of amides is 2. The Morgan fingerprint density at radius 2 is 1.88 bits per heavy atom. The summed E-state index contributed by atoms with van der Waals surface area (Å²) in [6.45, 7) is 2.19. The minimum absolute atomic E-state index is 0.0986. The van der Waals surface area contributed by atoms with Gasteiger partial charge in [-0.05, 0) is 61.5 Å². The molecule has 2 heterocycles. The molecule has 8 nitrogen and oxygen atoms in total. The van der Waals surface area contributed by atoms with Crippen LogP contribution in [0.25, 0.3) is 0 Å². The molecule has 0 fully saturated rings. The highest BCUT2D eigenvalue weighted by atomic mass is 32.1. The van der Waals surface area contributed by atoms with Crippen LogP contribution in [0.4, 0.5) is 10.1 Å². The van der Waals surface area contributed by atoms with Gasteiger partial charge in [-0.2, -0.15) is 0 Å². The number of carbonyl (C=O) groups is 2. The first kappa shape index (κ1) is 22.2. The van der Waals surface area contributed by atoms with E-state index in [1.165, 1.54) is 24.3 Å². The number of hydrogen-bond acceptors (Lipinski definition) is 7. The van der Waals surface area contributed by atoms with Gasteiger partial charge in [-0.25, -0.2) is 4.39 Å². The Bertz CT molecular complexity index is 1270. The van der Waals surface area contributed by atoms with Gasteiger partial charge in [0.15, 0.2) is 5.01 Å². The third-order valence-corrected chi connectivity index (χ3v) is 5.33. The summed E-state index contributed by atoms with van der Waals surface area (Å²) < 4.78 is 23.9. The van der Waals surface area contributed by atoms with E-state index in [-0.39, 0.29) is 29.9 Å². The lowest BCUT2D eigenvalue weighted by Crippen LogP contribution is -2.22. The summed E-state index contributed by atoms with van der Waals surface area (Å²) >= 11 is 1.08. The van der Waals surface area contributed by atoms with Gasteiger partial charge in [-0.15, -0.1) is 10.2 Å². The lowest BCUT2D eigenvalue weighted by atomic mass is 10.2. The third kappa shape index (κ3) is 6.01. The number of anilines is 1. The molecule has 0 aliphatic rings. The molecule has 2 amide bonds. The summed E-state index contributed by atoms with van der Waals surface area (Å²) in [5.74, 6) is 0.799. The van der Waals surface area contributed by atoms with Crippen LogP contribution in [0.2, 0.25) is 0 Å². The summed E-state index contributed by atoms with van der Waals surface area (Å²) in [4.78, 5) is 25.0. The van der Waals surface area contributed by atoms with Crippen molar-refractivity contribution in [2.24, 2.45) is 0 Å². The average molecular weight is 466 g/mol. The Balaban J connectivity index is 1.32. The zero-order chi connectivity index (χ0) is 23.2. The number of carbonyl (C=O) groups excluding carboxylic acids is 2. The molecule has 168 valence electrons. The highest BCUT2D eigenvalue weighted by Gasteiger charge is 2.15. The number of rotatable bonds is 8. The SMILES string of the molecule is Cc1ccc(CNC(=O)c2cccc(NC(=O)c3nnc(COc4ccc(F)cc4)s3)c2)o1. The van der Waals surface area contributed by atoms with Crippen molar-refractivity contribution in [3.8, 4) is 5.75 Å². The van der Waals surface area contributed by atoms with E-state index in [2.05, 4.69) is 20.8 Å².